The molecule has 1 saturated carbocycles. The Morgan fingerprint density at radius 1 is 1.33 bits per heavy atom. The molecule has 1 saturated heterocycles. The number of carbonyl (C=O) groups excluding carboxylic acids is 1. The molecule has 4 heteroatoms. The van der Waals surface area contributed by atoms with Crippen LogP contribution in [0.4, 0.5) is 4.79 Å². The Morgan fingerprint density at radius 2 is 1.87 bits per heavy atom. The Bertz CT molecular complexity index is 262. The fourth-order valence-electron chi connectivity index (χ4n) is 2.42. The van der Waals surface area contributed by atoms with Crippen LogP contribution in [0.15, 0.2) is 0 Å². The van der Waals surface area contributed by atoms with Gasteiger partial charge in [-0.15, -0.1) is 0 Å². The number of amides is 1. The zero-order chi connectivity index (χ0) is 11.2. The molecule has 2 fully saturated rings. The van der Waals surface area contributed by atoms with Gasteiger partial charge < -0.3 is 15.0 Å². The second-order valence-corrected chi connectivity index (χ2v) is 5.57. The molecule has 2 rings (SSSR count). The van der Waals surface area contributed by atoms with E-state index in [1.54, 1.807) is 4.90 Å². The van der Waals surface area contributed by atoms with Gasteiger partial charge in [0.25, 0.3) is 0 Å². The van der Waals surface area contributed by atoms with Gasteiger partial charge in [-0.25, -0.2) is 4.79 Å². The first-order chi connectivity index (χ1) is 6.90. The van der Waals surface area contributed by atoms with Crippen LogP contribution >= 0.6 is 0 Å². The molecular formula is C11H20N2O2. The largest absolute Gasteiger partial charge is 0.444 e. The lowest BCUT2D eigenvalue weighted by atomic mass is 10.2. The van der Waals surface area contributed by atoms with E-state index in [4.69, 9.17) is 4.74 Å². The number of nitrogens with zero attached hydrogens (tertiary/aromatic N) is 1. The number of hydrogen-bond donors (Lipinski definition) is 1. The molecule has 2 aliphatic rings. The van der Waals surface area contributed by atoms with Crippen molar-refractivity contribution in [2.24, 2.45) is 11.8 Å². The molecule has 86 valence electrons. The minimum atomic E-state index is -0.395. The van der Waals surface area contributed by atoms with E-state index >= 15 is 0 Å². The normalized spacial score (nSPS) is 33.5. The van der Waals surface area contributed by atoms with Crippen LogP contribution in [-0.2, 0) is 4.74 Å². The molecule has 15 heavy (non-hydrogen) atoms. The highest BCUT2D eigenvalue weighted by Crippen LogP contribution is 2.45. The monoisotopic (exact) mass is 212 g/mol. The zero-order valence-corrected chi connectivity index (χ0v) is 9.91. The fourth-order valence-corrected chi connectivity index (χ4v) is 2.42. The Hall–Kier alpha value is -0.770. The van der Waals surface area contributed by atoms with E-state index in [1.807, 2.05) is 27.8 Å². The molecule has 2 atom stereocenters. The lowest BCUT2D eigenvalue weighted by molar-refractivity contribution is 0.0266. The molecule has 4 nitrogen and oxygen atoms in total. The van der Waals surface area contributed by atoms with Gasteiger partial charge in [-0.2, -0.15) is 0 Å². The highest BCUT2D eigenvalue weighted by atomic mass is 16.6. The molecule has 0 radical (unpaired) electrons. The third kappa shape index (κ3) is 2.09. The van der Waals surface area contributed by atoms with Crippen LogP contribution in [0.1, 0.15) is 20.8 Å². The van der Waals surface area contributed by atoms with Gasteiger partial charge in [-0.3, -0.25) is 0 Å². The summed E-state index contributed by atoms with van der Waals surface area (Å²) in [5.74, 6) is 1.31. The van der Waals surface area contributed by atoms with E-state index in [0.29, 0.717) is 17.9 Å². The zero-order valence-electron chi connectivity index (χ0n) is 9.91. The first-order valence-electron chi connectivity index (χ1n) is 5.56. The molecule has 0 aromatic heterocycles. The highest BCUT2D eigenvalue weighted by Gasteiger charge is 2.56. The van der Waals surface area contributed by atoms with Gasteiger partial charge >= 0.3 is 6.09 Å². The van der Waals surface area contributed by atoms with Gasteiger partial charge in [0.15, 0.2) is 0 Å². The molecule has 1 aliphatic carbocycles. The van der Waals surface area contributed by atoms with Gasteiger partial charge in [0.05, 0.1) is 0 Å². The number of ether oxygens (including phenoxy) is 1. The maximum atomic E-state index is 11.8. The average Bonchev–Trinajstić information content (AvgIpc) is 2.54. The molecule has 1 aliphatic heterocycles. The van der Waals surface area contributed by atoms with Crippen LogP contribution in [0.25, 0.3) is 0 Å². The van der Waals surface area contributed by atoms with Gasteiger partial charge in [-0.1, -0.05) is 0 Å². The summed E-state index contributed by atoms with van der Waals surface area (Å²) in [6.07, 6.45) is -0.193. The third-order valence-corrected chi connectivity index (χ3v) is 3.18. The molecule has 0 bridgehead atoms. The molecular weight excluding hydrogens is 192 g/mol. The second-order valence-electron chi connectivity index (χ2n) is 5.57. The third-order valence-electron chi connectivity index (χ3n) is 3.18. The number of carbonyl (C=O) groups is 1. The van der Waals surface area contributed by atoms with E-state index in [-0.39, 0.29) is 6.09 Å². The standard InChI is InChI=1S/C11H20N2O2/c1-11(2,3)15-10(14)13(4)9-7-5-12-6-8(7)9/h7-9,12H,5-6H2,1-4H3. The summed E-state index contributed by atoms with van der Waals surface area (Å²) in [6, 6.07) is 0.404. The highest BCUT2D eigenvalue weighted by molar-refractivity contribution is 5.69. The molecule has 0 aromatic rings. The summed E-state index contributed by atoms with van der Waals surface area (Å²) in [5, 5.41) is 3.32. The molecule has 1 N–H and O–H groups in total. The molecule has 1 heterocycles. The van der Waals surface area contributed by atoms with Crippen LogP contribution in [0.3, 0.4) is 0 Å². The van der Waals surface area contributed by atoms with Crippen LogP contribution in [-0.4, -0.2) is 42.8 Å². The van der Waals surface area contributed by atoms with Crippen molar-refractivity contribution in [1.82, 2.24) is 10.2 Å². The lowest BCUT2D eigenvalue weighted by Crippen LogP contribution is -2.38. The first-order valence-corrected chi connectivity index (χ1v) is 5.56. The molecule has 0 spiro atoms. The van der Waals surface area contributed by atoms with Crippen LogP contribution in [0, 0.1) is 11.8 Å². The van der Waals surface area contributed by atoms with Crippen molar-refractivity contribution in [3.8, 4) is 0 Å². The summed E-state index contributed by atoms with van der Waals surface area (Å²) < 4.78 is 5.33. The van der Waals surface area contributed by atoms with E-state index in [9.17, 15) is 4.79 Å². The van der Waals surface area contributed by atoms with E-state index < -0.39 is 5.60 Å². The minimum Gasteiger partial charge on any atom is -0.444 e. The maximum Gasteiger partial charge on any atom is 0.410 e. The summed E-state index contributed by atoms with van der Waals surface area (Å²) in [4.78, 5) is 13.5. The SMILES string of the molecule is CN(C(=O)OC(C)(C)C)C1C2CNCC21. The van der Waals surface area contributed by atoms with E-state index in [2.05, 4.69) is 5.32 Å². The van der Waals surface area contributed by atoms with Crippen molar-refractivity contribution < 1.29 is 9.53 Å². The molecule has 1 amide bonds. The Balaban J connectivity index is 1.87. The predicted molar refractivity (Wildman–Crippen MR) is 57.6 cm³/mol. The van der Waals surface area contributed by atoms with Crippen molar-refractivity contribution in [2.45, 2.75) is 32.4 Å². The summed E-state index contributed by atoms with van der Waals surface area (Å²) in [7, 11) is 1.84. The van der Waals surface area contributed by atoms with Crippen LogP contribution < -0.4 is 5.32 Å². The van der Waals surface area contributed by atoms with Crippen LogP contribution in [0.2, 0.25) is 0 Å². The topological polar surface area (TPSA) is 41.6 Å². The van der Waals surface area contributed by atoms with Gasteiger partial charge in [0.1, 0.15) is 5.60 Å². The first kappa shape index (κ1) is 10.7. The summed E-state index contributed by atoms with van der Waals surface area (Å²) >= 11 is 0. The number of piperidine rings is 1. The number of hydrogen-bond acceptors (Lipinski definition) is 3. The van der Waals surface area contributed by atoms with Gasteiger partial charge in [0.2, 0.25) is 0 Å². The minimum absolute atomic E-state index is 0.193. The number of nitrogens with one attached hydrogen (secondary N) is 1. The van der Waals surface area contributed by atoms with Crippen LogP contribution in [0.5, 0.6) is 0 Å². The summed E-state index contributed by atoms with van der Waals surface area (Å²) in [5.41, 5.74) is -0.395. The van der Waals surface area contributed by atoms with Gasteiger partial charge in [0, 0.05) is 26.2 Å². The molecule has 0 aromatic carbocycles. The Labute approximate surface area is 91.0 Å². The predicted octanol–water partition coefficient (Wildman–Crippen LogP) is 1.07. The van der Waals surface area contributed by atoms with Crippen molar-refractivity contribution in [1.29, 1.82) is 0 Å². The Morgan fingerprint density at radius 3 is 2.33 bits per heavy atom. The molecule has 2 unspecified atom stereocenters. The van der Waals surface area contributed by atoms with E-state index in [1.165, 1.54) is 0 Å². The lowest BCUT2D eigenvalue weighted by Gasteiger charge is -2.25. The quantitative estimate of drug-likeness (QED) is 0.707. The average molecular weight is 212 g/mol. The summed E-state index contributed by atoms with van der Waals surface area (Å²) in [6.45, 7) is 7.78. The maximum absolute atomic E-state index is 11.8. The van der Waals surface area contributed by atoms with E-state index in [0.717, 1.165) is 13.1 Å². The number of fused-ring (bicyclic) bond motifs is 1. The van der Waals surface area contributed by atoms with Crippen molar-refractivity contribution in [3.05, 3.63) is 0 Å². The number of rotatable bonds is 1. The van der Waals surface area contributed by atoms with Gasteiger partial charge in [-0.05, 0) is 32.6 Å². The second kappa shape index (κ2) is 3.37. The van der Waals surface area contributed by atoms with Crippen molar-refractivity contribution in [2.75, 3.05) is 20.1 Å². The Kier molecular flexibility index (Phi) is 2.41. The smallest absolute Gasteiger partial charge is 0.410 e. The van der Waals surface area contributed by atoms with Crippen molar-refractivity contribution >= 4 is 6.09 Å². The fraction of sp³-hybridized carbons (Fsp3) is 0.909. The van der Waals surface area contributed by atoms with Crippen molar-refractivity contribution in [3.63, 3.8) is 0 Å².